The van der Waals surface area contributed by atoms with Crippen molar-refractivity contribution in [2.24, 2.45) is 10.9 Å². The molecule has 0 saturated carbocycles. The lowest BCUT2D eigenvalue weighted by atomic mass is 10.0. The Morgan fingerprint density at radius 3 is 2.67 bits per heavy atom. The molecular formula is C21H37N5O. The molecular weight excluding hydrogens is 338 g/mol. The Labute approximate surface area is 164 Å². The van der Waals surface area contributed by atoms with Crippen LogP contribution in [0.3, 0.4) is 0 Å². The van der Waals surface area contributed by atoms with Crippen molar-refractivity contribution in [3.05, 3.63) is 30.1 Å². The summed E-state index contributed by atoms with van der Waals surface area (Å²) in [6, 6.07) is 6.17. The molecule has 6 nitrogen and oxygen atoms in total. The van der Waals surface area contributed by atoms with Crippen molar-refractivity contribution < 1.29 is 4.79 Å². The van der Waals surface area contributed by atoms with Crippen LogP contribution in [-0.4, -0.2) is 54.5 Å². The van der Waals surface area contributed by atoms with Crippen LogP contribution in [0.2, 0.25) is 0 Å². The second kappa shape index (κ2) is 13.1. The molecule has 27 heavy (non-hydrogen) atoms. The van der Waals surface area contributed by atoms with E-state index in [4.69, 9.17) is 0 Å². The van der Waals surface area contributed by atoms with Gasteiger partial charge >= 0.3 is 0 Å². The summed E-state index contributed by atoms with van der Waals surface area (Å²) in [7, 11) is 1.82. The summed E-state index contributed by atoms with van der Waals surface area (Å²) in [6.07, 6.45) is 6.05. The van der Waals surface area contributed by atoms with Gasteiger partial charge in [0.1, 0.15) is 6.54 Å². The monoisotopic (exact) mass is 375 g/mol. The SMILES string of the molecule is CCNC(=NCC(=O)N(C)CCc1ccccn1)NC(C)CCCC(C)C. The normalized spacial score (nSPS) is 12.7. The average molecular weight is 376 g/mol. The van der Waals surface area contributed by atoms with Gasteiger partial charge in [-0.15, -0.1) is 0 Å². The molecule has 6 heteroatoms. The van der Waals surface area contributed by atoms with Gasteiger partial charge < -0.3 is 15.5 Å². The zero-order valence-electron chi connectivity index (χ0n) is 17.7. The van der Waals surface area contributed by atoms with Gasteiger partial charge in [-0.05, 0) is 38.3 Å². The number of aromatic nitrogens is 1. The van der Waals surface area contributed by atoms with Crippen molar-refractivity contribution in [1.82, 2.24) is 20.5 Å². The summed E-state index contributed by atoms with van der Waals surface area (Å²) >= 11 is 0. The molecule has 0 aromatic carbocycles. The van der Waals surface area contributed by atoms with Crippen LogP contribution in [0.4, 0.5) is 0 Å². The third kappa shape index (κ3) is 10.6. The summed E-state index contributed by atoms with van der Waals surface area (Å²) in [4.78, 5) is 22.8. The zero-order valence-corrected chi connectivity index (χ0v) is 17.7. The number of guanidine groups is 1. The summed E-state index contributed by atoms with van der Waals surface area (Å²) < 4.78 is 0. The van der Waals surface area contributed by atoms with Crippen molar-refractivity contribution >= 4 is 11.9 Å². The highest BCUT2D eigenvalue weighted by molar-refractivity contribution is 5.85. The summed E-state index contributed by atoms with van der Waals surface area (Å²) in [5.74, 6) is 1.45. The number of hydrogen-bond donors (Lipinski definition) is 2. The van der Waals surface area contributed by atoms with Gasteiger partial charge in [-0.3, -0.25) is 9.78 Å². The van der Waals surface area contributed by atoms with Gasteiger partial charge in [0.2, 0.25) is 5.91 Å². The van der Waals surface area contributed by atoms with Crippen molar-refractivity contribution in [1.29, 1.82) is 0 Å². The summed E-state index contributed by atoms with van der Waals surface area (Å²) in [5.41, 5.74) is 0.992. The molecule has 152 valence electrons. The third-order valence-electron chi connectivity index (χ3n) is 4.37. The quantitative estimate of drug-likeness (QED) is 0.461. The molecule has 0 aliphatic rings. The van der Waals surface area contributed by atoms with Crippen LogP contribution in [0.1, 0.15) is 52.7 Å². The molecule has 0 spiro atoms. The van der Waals surface area contributed by atoms with E-state index in [0.717, 1.165) is 31.0 Å². The molecule has 0 aliphatic heterocycles. The van der Waals surface area contributed by atoms with Crippen molar-refractivity contribution in [2.75, 3.05) is 26.7 Å². The Kier molecular flexibility index (Phi) is 11.1. The van der Waals surface area contributed by atoms with E-state index in [0.29, 0.717) is 18.5 Å². The van der Waals surface area contributed by atoms with Gasteiger partial charge in [0.05, 0.1) is 0 Å². The zero-order chi connectivity index (χ0) is 20.1. The first-order valence-electron chi connectivity index (χ1n) is 10.1. The predicted molar refractivity (Wildman–Crippen MR) is 113 cm³/mol. The molecule has 0 saturated heterocycles. The Morgan fingerprint density at radius 1 is 1.26 bits per heavy atom. The number of amides is 1. The maximum atomic E-state index is 12.3. The highest BCUT2D eigenvalue weighted by atomic mass is 16.2. The van der Waals surface area contributed by atoms with E-state index in [1.165, 1.54) is 12.8 Å². The molecule has 0 bridgehead atoms. The van der Waals surface area contributed by atoms with E-state index < -0.39 is 0 Å². The summed E-state index contributed by atoms with van der Waals surface area (Å²) in [6.45, 7) is 10.2. The van der Waals surface area contributed by atoms with Gasteiger partial charge in [-0.2, -0.15) is 0 Å². The Bertz CT molecular complexity index is 559. The minimum Gasteiger partial charge on any atom is -0.357 e. The highest BCUT2D eigenvalue weighted by Crippen LogP contribution is 2.08. The number of aliphatic imine (C=N–C) groups is 1. The first-order valence-corrected chi connectivity index (χ1v) is 10.1. The fourth-order valence-corrected chi connectivity index (χ4v) is 2.68. The van der Waals surface area contributed by atoms with Crippen LogP contribution < -0.4 is 10.6 Å². The predicted octanol–water partition coefficient (Wildman–Crippen LogP) is 2.85. The molecule has 0 fully saturated rings. The molecule has 0 aliphatic carbocycles. The van der Waals surface area contributed by atoms with Crippen LogP contribution in [0, 0.1) is 5.92 Å². The number of carbonyl (C=O) groups excluding carboxylic acids is 1. The maximum Gasteiger partial charge on any atom is 0.244 e. The van der Waals surface area contributed by atoms with Crippen LogP contribution in [0.25, 0.3) is 0 Å². The number of nitrogens with one attached hydrogen (secondary N) is 2. The molecule has 1 aromatic rings. The Balaban J connectivity index is 2.44. The second-order valence-electron chi connectivity index (χ2n) is 7.45. The lowest BCUT2D eigenvalue weighted by Crippen LogP contribution is -2.43. The molecule has 1 heterocycles. The lowest BCUT2D eigenvalue weighted by Gasteiger charge is -2.19. The van der Waals surface area contributed by atoms with Crippen LogP contribution in [0.5, 0.6) is 0 Å². The molecule has 1 rings (SSSR count). The van der Waals surface area contributed by atoms with E-state index in [1.807, 2.05) is 32.2 Å². The molecule has 1 aromatic heterocycles. The average Bonchev–Trinajstić information content (AvgIpc) is 2.64. The van der Waals surface area contributed by atoms with E-state index in [1.54, 1.807) is 11.1 Å². The van der Waals surface area contributed by atoms with Gasteiger partial charge in [0.25, 0.3) is 0 Å². The van der Waals surface area contributed by atoms with Gasteiger partial charge in [0, 0.05) is 44.5 Å². The minimum atomic E-state index is 0.00981. The molecule has 1 unspecified atom stereocenters. The Morgan fingerprint density at radius 2 is 2.04 bits per heavy atom. The van der Waals surface area contributed by atoms with Crippen molar-refractivity contribution in [2.45, 2.75) is 59.4 Å². The van der Waals surface area contributed by atoms with Gasteiger partial charge in [-0.1, -0.05) is 32.8 Å². The fourth-order valence-electron chi connectivity index (χ4n) is 2.68. The number of carbonyl (C=O) groups is 1. The van der Waals surface area contributed by atoms with Crippen LogP contribution >= 0.6 is 0 Å². The van der Waals surface area contributed by atoms with E-state index in [9.17, 15) is 4.79 Å². The molecule has 2 N–H and O–H groups in total. The van der Waals surface area contributed by atoms with E-state index in [2.05, 4.69) is 41.4 Å². The largest absolute Gasteiger partial charge is 0.357 e. The van der Waals surface area contributed by atoms with Crippen LogP contribution in [0.15, 0.2) is 29.4 Å². The molecule has 0 radical (unpaired) electrons. The number of nitrogens with zero attached hydrogens (tertiary/aromatic N) is 3. The molecule has 1 atom stereocenters. The number of hydrogen-bond acceptors (Lipinski definition) is 3. The van der Waals surface area contributed by atoms with Crippen molar-refractivity contribution in [3.63, 3.8) is 0 Å². The molecule has 1 amide bonds. The Hall–Kier alpha value is -2.11. The number of likely N-dealkylation sites (N-methyl/N-ethyl adjacent to an activating group) is 1. The van der Waals surface area contributed by atoms with Crippen molar-refractivity contribution in [3.8, 4) is 0 Å². The topological polar surface area (TPSA) is 69.6 Å². The fraction of sp³-hybridized carbons (Fsp3) is 0.667. The highest BCUT2D eigenvalue weighted by Gasteiger charge is 2.10. The lowest BCUT2D eigenvalue weighted by molar-refractivity contribution is -0.128. The first-order chi connectivity index (χ1) is 12.9. The third-order valence-corrected chi connectivity index (χ3v) is 4.37. The van der Waals surface area contributed by atoms with Gasteiger partial charge in [-0.25, -0.2) is 4.99 Å². The standard InChI is InChI=1S/C21H37N5O/c1-6-22-21(25-18(4)11-9-10-17(2)3)24-16-20(27)26(5)15-13-19-12-7-8-14-23-19/h7-8,12,14,17-18H,6,9-11,13,15-16H2,1-5H3,(H2,22,24,25). The second-order valence-corrected chi connectivity index (χ2v) is 7.45. The maximum absolute atomic E-state index is 12.3. The van der Waals surface area contributed by atoms with Gasteiger partial charge in [0.15, 0.2) is 5.96 Å². The first kappa shape index (κ1) is 22.9. The summed E-state index contributed by atoms with van der Waals surface area (Å²) in [5, 5.41) is 6.62. The van der Waals surface area contributed by atoms with E-state index >= 15 is 0 Å². The van der Waals surface area contributed by atoms with Crippen LogP contribution in [-0.2, 0) is 11.2 Å². The number of pyridine rings is 1. The number of rotatable bonds is 11. The van der Waals surface area contributed by atoms with E-state index in [-0.39, 0.29) is 12.5 Å². The smallest absolute Gasteiger partial charge is 0.244 e. The minimum absolute atomic E-state index is 0.00981.